The average molecular weight is 125 g/mol. The van der Waals surface area contributed by atoms with E-state index >= 15 is 0 Å². The van der Waals surface area contributed by atoms with Gasteiger partial charge in [0.2, 0.25) is 0 Å². The van der Waals surface area contributed by atoms with Crippen LogP contribution in [0, 0.1) is 0 Å². The van der Waals surface area contributed by atoms with Gasteiger partial charge in [0, 0.05) is 0 Å². The minimum atomic E-state index is -0.297. The molecule has 0 saturated heterocycles. The molecule has 0 bridgehead atoms. The zero-order valence-corrected chi connectivity index (χ0v) is 5.63. The van der Waals surface area contributed by atoms with Crippen molar-refractivity contribution in [2.75, 3.05) is 0 Å². The van der Waals surface area contributed by atoms with E-state index in [0.717, 1.165) is 25.5 Å². The van der Waals surface area contributed by atoms with Crippen LogP contribution in [-0.2, 0) is 4.79 Å². The van der Waals surface area contributed by atoms with Gasteiger partial charge in [-0.3, -0.25) is 4.99 Å². The zero-order chi connectivity index (χ0) is 6.74. The van der Waals surface area contributed by atoms with Crippen molar-refractivity contribution >= 4 is 12.5 Å². The number of carbonyl (C=O) groups excluding carboxylic acids is 1. The fourth-order valence-electron chi connectivity index (χ4n) is 1.07. The third-order valence-corrected chi connectivity index (χ3v) is 1.82. The quantitative estimate of drug-likeness (QED) is 0.402. The highest BCUT2D eigenvalue weighted by Gasteiger charge is 2.35. The second-order valence-corrected chi connectivity index (χ2v) is 2.46. The first kappa shape index (κ1) is 6.46. The van der Waals surface area contributed by atoms with Crippen molar-refractivity contribution in [3.05, 3.63) is 0 Å². The SMILES string of the molecule is CC=NC1(C=O)CCC1. The number of rotatable bonds is 2. The molecule has 1 aliphatic carbocycles. The first-order valence-corrected chi connectivity index (χ1v) is 3.29. The molecule has 0 aromatic rings. The average Bonchev–Trinajstić information content (AvgIpc) is 1.79. The maximum absolute atomic E-state index is 10.4. The Kier molecular flexibility index (Phi) is 1.65. The summed E-state index contributed by atoms with van der Waals surface area (Å²) < 4.78 is 0. The largest absolute Gasteiger partial charge is 0.301 e. The highest BCUT2D eigenvalue weighted by molar-refractivity contribution is 5.70. The Morgan fingerprint density at radius 1 is 1.56 bits per heavy atom. The summed E-state index contributed by atoms with van der Waals surface area (Å²) in [6.45, 7) is 1.85. The van der Waals surface area contributed by atoms with Crippen molar-refractivity contribution < 1.29 is 4.79 Å². The van der Waals surface area contributed by atoms with E-state index in [2.05, 4.69) is 4.99 Å². The fourth-order valence-corrected chi connectivity index (χ4v) is 1.07. The van der Waals surface area contributed by atoms with Gasteiger partial charge in [0.15, 0.2) is 0 Å². The van der Waals surface area contributed by atoms with Gasteiger partial charge in [0.25, 0.3) is 0 Å². The molecule has 1 aliphatic rings. The molecule has 0 N–H and O–H groups in total. The van der Waals surface area contributed by atoms with Crippen LogP contribution in [0.5, 0.6) is 0 Å². The van der Waals surface area contributed by atoms with Gasteiger partial charge in [-0.05, 0) is 32.4 Å². The molecular formula is C7H11NO. The monoisotopic (exact) mass is 125 g/mol. The molecule has 1 fully saturated rings. The molecule has 0 spiro atoms. The van der Waals surface area contributed by atoms with E-state index in [-0.39, 0.29) is 5.54 Å². The van der Waals surface area contributed by atoms with Crippen molar-refractivity contribution in [1.29, 1.82) is 0 Å². The molecule has 50 valence electrons. The predicted molar refractivity (Wildman–Crippen MR) is 36.8 cm³/mol. The van der Waals surface area contributed by atoms with E-state index < -0.39 is 0 Å². The predicted octanol–water partition coefficient (Wildman–Crippen LogP) is 1.20. The summed E-state index contributed by atoms with van der Waals surface area (Å²) in [6.07, 6.45) is 5.72. The summed E-state index contributed by atoms with van der Waals surface area (Å²) in [5, 5.41) is 0. The van der Waals surface area contributed by atoms with E-state index in [0.29, 0.717) is 0 Å². The lowest BCUT2D eigenvalue weighted by Gasteiger charge is -2.32. The minimum absolute atomic E-state index is 0.297. The van der Waals surface area contributed by atoms with Crippen molar-refractivity contribution in [3.8, 4) is 0 Å². The molecule has 0 atom stereocenters. The Hall–Kier alpha value is -0.660. The van der Waals surface area contributed by atoms with E-state index in [9.17, 15) is 4.79 Å². The van der Waals surface area contributed by atoms with Crippen molar-refractivity contribution in [3.63, 3.8) is 0 Å². The van der Waals surface area contributed by atoms with Gasteiger partial charge in [-0.25, -0.2) is 0 Å². The lowest BCUT2D eigenvalue weighted by molar-refractivity contribution is -0.114. The first-order chi connectivity index (χ1) is 4.33. The third kappa shape index (κ3) is 1.02. The summed E-state index contributed by atoms with van der Waals surface area (Å²) in [6, 6.07) is 0. The van der Waals surface area contributed by atoms with Gasteiger partial charge in [-0.1, -0.05) is 0 Å². The molecule has 0 aromatic carbocycles. The topological polar surface area (TPSA) is 29.4 Å². The van der Waals surface area contributed by atoms with Crippen LogP contribution < -0.4 is 0 Å². The van der Waals surface area contributed by atoms with Gasteiger partial charge < -0.3 is 4.79 Å². The van der Waals surface area contributed by atoms with Crippen LogP contribution >= 0.6 is 0 Å². The van der Waals surface area contributed by atoms with Crippen LogP contribution in [-0.4, -0.2) is 18.0 Å². The van der Waals surface area contributed by atoms with Crippen LogP contribution in [0.25, 0.3) is 0 Å². The van der Waals surface area contributed by atoms with Crippen LogP contribution in [0.4, 0.5) is 0 Å². The standard InChI is InChI=1S/C7H11NO/c1-2-8-7(6-9)4-3-5-7/h2,6H,3-5H2,1H3. The Balaban J connectivity index is 2.56. The number of hydrogen-bond acceptors (Lipinski definition) is 2. The first-order valence-electron chi connectivity index (χ1n) is 3.29. The van der Waals surface area contributed by atoms with Crippen LogP contribution in [0.15, 0.2) is 4.99 Å². The fraction of sp³-hybridized carbons (Fsp3) is 0.714. The highest BCUT2D eigenvalue weighted by Crippen LogP contribution is 2.33. The third-order valence-electron chi connectivity index (χ3n) is 1.82. The molecule has 9 heavy (non-hydrogen) atoms. The molecule has 1 saturated carbocycles. The van der Waals surface area contributed by atoms with E-state index in [4.69, 9.17) is 0 Å². The maximum Gasteiger partial charge on any atom is 0.147 e. The van der Waals surface area contributed by atoms with Crippen LogP contribution in [0.3, 0.4) is 0 Å². The van der Waals surface area contributed by atoms with Gasteiger partial charge in [-0.2, -0.15) is 0 Å². The smallest absolute Gasteiger partial charge is 0.147 e. The van der Waals surface area contributed by atoms with Gasteiger partial charge in [0.05, 0.1) is 0 Å². The summed E-state index contributed by atoms with van der Waals surface area (Å²) in [7, 11) is 0. The summed E-state index contributed by atoms with van der Waals surface area (Å²) in [5.74, 6) is 0. The van der Waals surface area contributed by atoms with Crippen molar-refractivity contribution in [2.45, 2.75) is 31.7 Å². The molecule has 2 nitrogen and oxygen atoms in total. The number of nitrogens with zero attached hydrogens (tertiary/aromatic N) is 1. The van der Waals surface area contributed by atoms with Crippen LogP contribution in [0.2, 0.25) is 0 Å². The molecule has 2 heteroatoms. The lowest BCUT2D eigenvalue weighted by Crippen LogP contribution is -2.36. The second-order valence-electron chi connectivity index (χ2n) is 2.46. The summed E-state index contributed by atoms with van der Waals surface area (Å²) >= 11 is 0. The molecule has 0 heterocycles. The van der Waals surface area contributed by atoms with E-state index in [1.165, 1.54) is 0 Å². The molecule has 0 amide bonds. The number of hydrogen-bond donors (Lipinski definition) is 0. The molecule has 0 radical (unpaired) electrons. The molecule has 0 aliphatic heterocycles. The number of carbonyl (C=O) groups is 1. The maximum atomic E-state index is 10.4. The lowest BCUT2D eigenvalue weighted by atomic mass is 9.79. The Morgan fingerprint density at radius 2 is 2.22 bits per heavy atom. The highest BCUT2D eigenvalue weighted by atomic mass is 16.1. The van der Waals surface area contributed by atoms with E-state index in [1.807, 2.05) is 6.92 Å². The normalized spacial score (nSPS) is 23.7. The van der Waals surface area contributed by atoms with Gasteiger partial charge in [0.1, 0.15) is 11.8 Å². The molecule has 0 unspecified atom stereocenters. The number of aldehydes is 1. The Morgan fingerprint density at radius 3 is 2.33 bits per heavy atom. The molecule has 1 rings (SSSR count). The zero-order valence-electron chi connectivity index (χ0n) is 5.63. The van der Waals surface area contributed by atoms with Gasteiger partial charge in [-0.15, -0.1) is 0 Å². The Bertz CT molecular complexity index is 136. The summed E-state index contributed by atoms with van der Waals surface area (Å²) in [5.41, 5.74) is -0.297. The molecule has 0 aromatic heterocycles. The van der Waals surface area contributed by atoms with Crippen molar-refractivity contribution in [2.24, 2.45) is 4.99 Å². The minimum Gasteiger partial charge on any atom is -0.301 e. The molecular weight excluding hydrogens is 114 g/mol. The van der Waals surface area contributed by atoms with Gasteiger partial charge >= 0.3 is 0 Å². The second kappa shape index (κ2) is 2.29. The van der Waals surface area contributed by atoms with Crippen LogP contribution in [0.1, 0.15) is 26.2 Å². The number of aliphatic imine (C=N–C) groups is 1. The summed E-state index contributed by atoms with van der Waals surface area (Å²) in [4.78, 5) is 14.5. The van der Waals surface area contributed by atoms with E-state index in [1.54, 1.807) is 6.21 Å². The Labute approximate surface area is 55.0 Å². The van der Waals surface area contributed by atoms with Crippen molar-refractivity contribution in [1.82, 2.24) is 0 Å².